The highest BCUT2D eigenvalue weighted by Gasteiger charge is 2.33. The number of anilines is 1. The fraction of sp³-hybridized carbons (Fsp3) is 0.467. The highest BCUT2D eigenvalue weighted by molar-refractivity contribution is 6.34. The van der Waals surface area contributed by atoms with Gasteiger partial charge in [0.2, 0.25) is 5.91 Å². The Morgan fingerprint density at radius 1 is 1.33 bits per heavy atom. The molecule has 1 saturated carbocycles. The van der Waals surface area contributed by atoms with Crippen molar-refractivity contribution in [3.8, 4) is 0 Å². The molecule has 114 valence electrons. The Morgan fingerprint density at radius 3 is 2.62 bits per heavy atom. The molecule has 1 aromatic rings. The molecule has 0 radical (unpaired) electrons. The first-order chi connectivity index (χ1) is 9.93. The summed E-state index contributed by atoms with van der Waals surface area (Å²) < 4.78 is 0. The van der Waals surface area contributed by atoms with E-state index in [0.717, 1.165) is 12.8 Å². The highest BCUT2D eigenvalue weighted by Crippen LogP contribution is 2.32. The van der Waals surface area contributed by atoms with Crippen LogP contribution in [0.2, 0.25) is 5.02 Å². The molecule has 0 unspecified atom stereocenters. The molecule has 5 nitrogen and oxygen atoms in total. The van der Waals surface area contributed by atoms with Crippen LogP contribution in [0.15, 0.2) is 18.2 Å². The Balaban J connectivity index is 2.05. The van der Waals surface area contributed by atoms with Crippen LogP contribution in [0, 0.1) is 0 Å². The fourth-order valence-corrected chi connectivity index (χ4v) is 2.83. The monoisotopic (exact) mass is 310 g/mol. The first kappa shape index (κ1) is 15.8. The molecule has 0 bridgehead atoms. The number of rotatable bonds is 4. The van der Waals surface area contributed by atoms with E-state index < -0.39 is 5.60 Å². The number of carbonyl (C=O) groups is 2. The van der Waals surface area contributed by atoms with Gasteiger partial charge in [0.15, 0.2) is 0 Å². The maximum atomic E-state index is 12.0. The molecule has 1 aromatic carbocycles. The lowest BCUT2D eigenvalue weighted by Crippen LogP contribution is -2.30. The second kappa shape index (κ2) is 6.45. The molecular formula is C15H19ClN2O3. The molecular weight excluding hydrogens is 292 g/mol. The second-order valence-electron chi connectivity index (χ2n) is 5.43. The van der Waals surface area contributed by atoms with Gasteiger partial charge >= 0.3 is 0 Å². The number of benzene rings is 1. The molecule has 0 heterocycles. The average Bonchev–Trinajstić information content (AvgIpc) is 2.86. The van der Waals surface area contributed by atoms with Gasteiger partial charge < -0.3 is 15.7 Å². The lowest BCUT2D eigenvalue weighted by atomic mass is 9.97. The first-order valence-electron chi connectivity index (χ1n) is 6.97. The lowest BCUT2D eigenvalue weighted by Gasteiger charge is -2.21. The summed E-state index contributed by atoms with van der Waals surface area (Å²) in [6.07, 6.45) is 3.29. The van der Waals surface area contributed by atoms with Gasteiger partial charge in [0, 0.05) is 12.7 Å². The van der Waals surface area contributed by atoms with E-state index in [1.807, 2.05) is 0 Å². The van der Waals surface area contributed by atoms with E-state index in [4.69, 9.17) is 11.6 Å². The van der Waals surface area contributed by atoms with Crippen molar-refractivity contribution in [1.82, 2.24) is 5.32 Å². The van der Waals surface area contributed by atoms with Crippen LogP contribution in [0.5, 0.6) is 0 Å². The van der Waals surface area contributed by atoms with Gasteiger partial charge in [0.05, 0.1) is 22.6 Å². The third-order valence-electron chi connectivity index (χ3n) is 3.75. The minimum atomic E-state index is -0.889. The standard InChI is InChI=1S/C15H19ClN2O3/c1-17-14(20)11-8-10(4-5-12(11)16)18-13(19)9-15(21)6-2-3-7-15/h4-5,8,21H,2-3,6-7,9H2,1H3,(H,17,20)(H,18,19). The maximum absolute atomic E-state index is 12.0. The summed E-state index contributed by atoms with van der Waals surface area (Å²) in [5.41, 5.74) is -0.0960. The zero-order valence-corrected chi connectivity index (χ0v) is 12.7. The van der Waals surface area contributed by atoms with Crippen molar-refractivity contribution in [3.05, 3.63) is 28.8 Å². The first-order valence-corrected chi connectivity index (χ1v) is 7.35. The number of carbonyl (C=O) groups excluding carboxylic acids is 2. The van der Waals surface area contributed by atoms with Gasteiger partial charge in [-0.05, 0) is 31.0 Å². The van der Waals surface area contributed by atoms with Gasteiger partial charge in [-0.15, -0.1) is 0 Å². The summed E-state index contributed by atoms with van der Waals surface area (Å²) in [5.74, 6) is -0.574. The van der Waals surface area contributed by atoms with E-state index in [-0.39, 0.29) is 18.2 Å². The number of amides is 2. The second-order valence-corrected chi connectivity index (χ2v) is 5.84. The van der Waals surface area contributed by atoms with E-state index in [9.17, 15) is 14.7 Å². The van der Waals surface area contributed by atoms with E-state index in [1.54, 1.807) is 12.1 Å². The normalized spacial score (nSPS) is 16.5. The zero-order valence-electron chi connectivity index (χ0n) is 11.9. The highest BCUT2D eigenvalue weighted by atomic mass is 35.5. The third-order valence-corrected chi connectivity index (χ3v) is 4.08. The molecule has 0 atom stereocenters. The summed E-state index contributed by atoms with van der Waals surface area (Å²) in [5, 5.41) is 15.7. The largest absolute Gasteiger partial charge is 0.389 e. The molecule has 2 amide bonds. The van der Waals surface area contributed by atoms with Crippen molar-refractivity contribution >= 4 is 29.1 Å². The molecule has 0 aromatic heterocycles. The van der Waals surface area contributed by atoms with Crippen molar-refractivity contribution in [1.29, 1.82) is 0 Å². The van der Waals surface area contributed by atoms with Crippen LogP contribution >= 0.6 is 11.6 Å². The van der Waals surface area contributed by atoms with Gasteiger partial charge in [-0.3, -0.25) is 9.59 Å². The van der Waals surface area contributed by atoms with Crippen LogP contribution < -0.4 is 10.6 Å². The molecule has 1 aliphatic carbocycles. The lowest BCUT2D eigenvalue weighted by molar-refractivity contribution is -0.120. The molecule has 2 rings (SSSR count). The summed E-state index contributed by atoms with van der Waals surface area (Å²) in [6, 6.07) is 4.72. The van der Waals surface area contributed by atoms with Crippen LogP contribution in [-0.2, 0) is 4.79 Å². The van der Waals surface area contributed by atoms with Gasteiger partial charge in [-0.2, -0.15) is 0 Å². The van der Waals surface area contributed by atoms with E-state index in [2.05, 4.69) is 10.6 Å². The topological polar surface area (TPSA) is 78.4 Å². The van der Waals surface area contributed by atoms with Crippen LogP contribution in [0.3, 0.4) is 0 Å². The van der Waals surface area contributed by atoms with Gasteiger partial charge in [-0.1, -0.05) is 24.4 Å². The molecule has 3 N–H and O–H groups in total. The molecule has 6 heteroatoms. The molecule has 0 spiro atoms. The maximum Gasteiger partial charge on any atom is 0.252 e. The Hall–Kier alpha value is -1.59. The van der Waals surface area contributed by atoms with E-state index >= 15 is 0 Å². The Labute approximate surface area is 128 Å². The molecule has 1 fully saturated rings. The average molecular weight is 311 g/mol. The van der Waals surface area contributed by atoms with Crippen molar-refractivity contribution < 1.29 is 14.7 Å². The van der Waals surface area contributed by atoms with Crippen LogP contribution in [0.25, 0.3) is 0 Å². The van der Waals surface area contributed by atoms with Crippen LogP contribution in [0.4, 0.5) is 5.69 Å². The number of halogens is 1. The quantitative estimate of drug-likeness (QED) is 0.798. The number of aliphatic hydroxyl groups is 1. The number of nitrogens with one attached hydrogen (secondary N) is 2. The Morgan fingerprint density at radius 2 is 2.00 bits per heavy atom. The van der Waals surface area contributed by atoms with Crippen molar-refractivity contribution in [2.75, 3.05) is 12.4 Å². The molecule has 1 aliphatic rings. The Kier molecular flexibility index (Phi) is 4.85. The van der Waals surface area contributed by atoms with E-state index in [1.165, 1.54) is 13.1 Å². The molecule has 0 saturated heterocycles. The summed E-state index contributed by atoms with van der Waals surface area (Å²) in [7, 11) is 1.51. The van der Waals surface area contributed by atoms with Crippen molar-refractivity contribution in [3.63, 3.8) is 0 Å². The minimum Gasteiger partial charge on any atom is -0.389 e. The number of hydrogen-bond donors (Lipinski definition) is 3. The van der Waals surface area contributed by atoms with Crippen molar-refractivity contribution in [2.45, 2.75) is 37.7 Å². The summed E-state index contributed by atoms with van der Waals surface area (Å²) >= 11 is 5.95. The zero-order chi connectivity index (χ0) is 15.5. The van der Waals surface area contributed by atoms with Crippen LogP contribution in [0.1, 0.15) is 42.5 Å². The Bertz CT molecular complexity index is 554. The predicted octanol–water partition coefficient (Wildman–Crippen LogP) is 2.33. The smallest absolute Gasteiger partial charge is 0.252 e. The van der Waals surface area contributed by atoms with Crippen LogP contribution in [-0.4, -0.2) is 29.6 Å². The third kappa shape index (κ3) is 3.95. The fourth-order valence-electron chi connectivity index (χ4n) is 2.63. The summed E-state index contributed by atoms with van der Waals surface area (Å²) in [6.45, 7) is 0. The van der Waals surface area contributed by atoms with Crippen molar-refractivity contribution in [2.24, 2.45) is 0 Å². The summed E-state index contributed by atoms with van der Waals surface area (Å²) in [4.78, 5) is 23.7. The SMILES string of the molecule is CNC(=O)c1cc(NC(=O)CC2(O)CCCC2)ccc1Cl. The van der Waals surface area contributed by atoms with Gasteiger partial charge in [-0.25, -0.2) is 0 Å². The van der Waals surface area contributed by atoms with Gasteiger partial charge in [0.25, 0.3) is 5.91 Å². The van der Waals surface area contributed by atoms with Gasteiger partial charge in [0.1, 0.15) is 0 Å². The minimum absolute atomic E-state index is 0.0743. The predicted molar refractivity (Wildman–Crippen MR) is 81.5 cm³/mol. The molecule has 21 heavy (non-hydrogen) atoms. The number of hydrogen-bond acceptors (Lipinski definition) is 3. The molecule has 0 aliphatic heterocycles. The van der Waals surface area contributed by atoms with E-state index in [0.29, 0.717) is 29.1 Å².